The number of hydrogen-bond donors (Lipinski definition) is 1. The minimum absolute atomic E-state index is 0.106. The fourth-order valence-electron chi connectivity index (χ4n) is 5.22. The van der Waals surface area contributed by atoms with Crippen molar-refractivity contribution in [2.75, 3.05) is 13.7 Å². The summed E-state index contributed by atoms with van der Waals surface area (Å²) in [5, 5.41) is 4.10. The zero-order valence-corrected chi connectivity index (χ0v) is 23.9. The van der Waals surface area contributed by atoms with Crippen LogP contribution in [0.1, 0.15) is 22.5 Å². The van der Waals surface area contributed by atoms with E-state index >= 15 is 0 Å². The lowest BCUT2D eigenvalue weighted by molar-refractivity contribution is -0.121. The van der Waals surface area contributed by atoms with Crippen molar-refractivity contribution in [1.29, 1.82) is 0 Å². The number of halogens is 2. The molecule has 0 fully saturated rings. The average molecular weight is 581 g/mol. The van der Waals surface area contributed by atoms with Crippen molar-refractivity contribution in [3.05, 3.63) is 130 Å². The first-order chi connectivity index (χ1) is 20.0. The maximum atomic E-state index is 13.1. The second-order valence-electron chi connectivity index (χ2n) is 9.84. The molecule has 1 aliphatic rings. The zero-order valence-electron chi connectivity index (χ0n) is 22.4. The first-order valence-electron chi connectivity index (χ1n) is 13.3. The molecule has 0 unspecified atom stereocenters. The van der Waals surface area contributed by atoms with E-state index in [1.807, 2.05) is 53.2 Å². The van der Waals surface area contributed by atoms with Crippen molar-refractivity contribution >= 4 is 40.8 Å². The standard InChI is InChI=1S/C34H27Cl2N3O2/c1-41-24-8-6-7-22(17-24)15-16-37-34(40)21-39-20-32(29-14-13-23(35)18-31(29)36)38-33(39)19-30-27-11-4-2-9-25(27)26-10-3-5-12-28(26)30/h2-14,17-20H,15-16,21H2,1H3,(H,37,40). The van der Waals surface area contributed by atoms with Crippen molar-refractivity contribution in [2.24, 2.45) is 0 Å². The molecule has 0 aliphatic heterocycles. The van der Waals surface area contributed by atoms with Gasteiger partial charge in [-0.25, -0.2) is 4.98 Å². The van der Waals surface area contributed by atoms with Gasteiger partial charge in [0.05, 0.1) is 17.8 Å². The van der Waals surface area contributed by atoms with E-state index in [1.54, 1.807) is 19.2 Å². The van der Waals surface area contributed by atoms with Crippen molar-refractivity contribution < 1.29 is 9.53 Å². The lowest BCUT2D eigenvalue weighted by Gasteiger charge is -2.09. The second kappa shape index (κ2) is 11.7. The summed E-state index contributed by atoms with van der Waals surface area (Å²) < 4.78 is 7.18. The molecule has 204 valence electrons. The van der Waals surface area contributed by atoms with Crippen LogP contribution in [0, 0.1) is 0 Å². The van der Waals surface area contributed by atoms with Crippen LogP contribution >= 0.6 is 23.2 Å². The minimum atomic E-state index is -0.106. The largest absolute Gasteiger partial charge is 0.497 e. The molecule has 1 aromatic heterocycles. The summed E-state index contributed by atoms with van der Waals surface area (Å²) in [6, 6.07) is 29.9. The molecule has 1 N–H and O–H groups in total. The minimum Gasteiger partial charge on any atom is -0.497 e. The Balaban J connectivity index is 1.32. The van der Waals surface area contributed by atoms with E-state index in [4.69, 9.17) is 32.9 Å². The highest BCUT2D eigenvalue weighted by atomic mass is 35.5. The number of ether oxygens (including phenoxy) is 1. The third-order valence-electron chi connectivity index (χ3n) is 7.20. The van der Waals surface area contributed by atoms with Gasteiger partial charge in [-0.2, -0.15) is 0 Å². The van der Waals surface area contributed by atoms with E-state index in [1.165, 1.54) is 11.1 Å². The Morgan fingerprint density at radius 1 is 0.878 bits per heavy atom. The SMILES string of the molecule is COc1cccc(CCNC(=O)Cn2cc(-c3ccc(Cl)cc3Cl)nc2C=C2c3ccccc3-c3ccccc32)c1. The number of nitrogens with one attached hydrogen (secondary N) is 1. The Labute approximate surface area is 249 Å². The summed E-state index contributed by atoms with van der Waals surface area (Å²) in [4.78, 5) is 18.1. The van der Waals surface area contributed by atoms with Gasteiger partial charge in [-0.3, -0.25) is 4.79 Å². The van der Waals surface area contributed by atoms with Crippen LogP contribution in [0.25, 0.3) is 34.0 Å². The number of amides is 1. The summed E-state index contributed by atoms with van der Waals surface area (Å²) in [5.74, 6) is 1.36. The van der Waals surface area contributed by atoms with Gasteiger partial charge in [0.1, 0.15) is 18.1 Å². The molecule has 6 rings (SSSR count). The molecule has 0 saturated heterocycles. The first kappa shape index (κ1) is 26.9. The van der Waals surface area contributed by atoms with Gasteiger partial charge in [0.2, 0.25) is 5.91 Å². The van der Waals surface area contributed by atoms with E-state index in [2.05, 4.69) is 47.8 Å². The van der Waals surface area contributed by atoms with Crippen LogP contribution in [-0.2, 0) is 17.8 Å². The molecule has 0 spiro atoms. The molecule has 0 atom stereocenters. The number of carbonyl (C=O) groups excluding carboxylic acids is 1. The molecule has 4 aromatic carbocycles. The Morgan fingerprint density at radius 2 is 1.59 bits per heavy atom. The van der Waals surface area contributed by atoms with E-state index < -0.39 is 0 Å². The number of benzene rings is 4. The molecule has 1 heterocycles. The van der Waals surface area contributed by atoms with Crippen LogP contribution in [0.3, 0.4) is 0 Å². The van der Waals surface area contributed by atoms with Gasteiger partial charge < -0.3 is 14.6 Å². The van der Waals surface area contributed by atoms with Gasteiger partial charge >= 0.3 is 0 Å². The maximum absolute atomic E-state index is 13.1. The number of imidazole rings is 1. The number of fused-ring (bicyclic) bond motifs is 3. The molecule has 7 heteroatoms. The van der Waals surface area contributed by atoms with Gasteiger partial charge in [0, 0.05) is 23.3 Å². The molecule has 1 aliphatic carbocycles. The lowest BCUT2D eigenvalue weighted by atomic mass is 10.0. The van der Waals surface area contributed by atoms with Crippen LogP contribution in [0.5, 0.6) is 5.75 Å². The third-order valence-corrected chi connectivity index (χ3v) is 7.74. The summed E-state index contributed by atoms with van der Waals surface area (Å²) in [5.41, 5.74) is 8.22. The average Bonchev–Trinajstić information content (AvgIpc) is 3.52. The molecular formula is C34H27Cl2N3O2. The molecule has 1 amide bonds. The van der Waals surface area contributed by atoms with Crippen LogP contribution in [0.4, 0.5) is 0 Å². The molecule has 0 bridgehead atoms. The number of rotatable bonds is 8. The lowest BCUT2D eigenvalue weighted by Crippen LogP contribution is -2.29. The molecule has 41 heavy (non-hydrogen) atoms. The van der Waals surface area contributed by atoms with E-state index in [0.717, 1.165) is 33.6 Å². The molecule has 0 saturated carbocycles. The Bertz CT molecular complexity index is 1740. The van der Waals surface area contributed by atoms with Gasteiger partial charge in [0.15, 0.2) is 0 Å². The number of nitrogens with zero attached hydrogens (tertiary/aromatic N) is 2. The number of hydrogen-bond acceptors (Lipinski definition) is 3. The van der Waals surface area contributed by atoms with Crippen LogP contribution < -0.4 is 10.1 Å². The highest BCUT2D eigenvalue weighted by Crippen LogP contribution is 2.44. The van der Waals surface area contributed by atoms with Gasteiger partial charge in [-0.05, 0) is 76.2 Å². The third kappa shape index (κ3) is 5.64. The number of aromatic nitrogens is 2. The van der Waals surface area contributed by atoms with Crippen LogP contribution in [-0.4, -0.2) is 29.1 Å². The van der Waals surface area contributed by atoms with Crippen LogP contribution in [0.2, 0.25) is 10.0 Å². The van der Waals surface area contributed by atoms with Gasteiger partial charge in [-0.15, -0.1) is 0 Å². The Kier molecular flexibility index (Phi) is 7.64. The maximum Gasteiger partial charge on any atom is 0.240 e. The molecule has 5 aromatic rings. The van der Waals surface area contributed by atoms with Crippen molar-refractivity contribution in [3.63, 3.8) is 0 Å². The summed E-state index contributed by atoms with van der Waals surface area (Å²) in [7, 11) is 1.65. The van der Waals surface area contributed by atoms with E-state index in [-0.39, 0.29) is 12.5 Å². The molecular weight excluding hydrogens is 553 g/mol. The Hall–Kier alpha value is -4.32. The summed E-state index contributed by atoms with van der Waals surface area (Å²) in [6.07, 6.45) is 4.63. The van der Waals surface area contributed by atoms with Crippen molar-refractivity contribution in [2.45, 2.75) is 13.0 Å². The molecule has 0 radical (unpaired) electrons. The number of carbonyl (C=O) groups is 1. The monoisotopic (exact) mass is 579 g/mol. The van der Waals surface area contributed by atoms with E-state index in [9.17, 15) is 4.79 Å². The highest BCUT2D eigenvalue weighted by molar-refractivity contribution is 6.36. The normalized spacial score (nSPS) is 11.6. The van der Waals surface area contributed by atoms with Crippen molar-refractivity contribution in [1.82, 2.24) is 14.9 Å². The predicted molar refractivity (Wildman–Crippen MR) is 166 cm³/mol. The highest BCUT2D eigenvalue weighted by Gasteiger charge is 2.23. The number of methoxy groups -OCH3 is 1. The van der Waals surface area contributed by atoms with Crippen molar-refractivity contribution in [3.8, 4) is 28.1 Å². The van der Waals surface area contributed by atoms with E-state index in [0.29, 0.717) is 34.5 Å². The summed E-state index contributed by atoms with van der Waals surface area (Å²) >= 11 is 12.7. The predicted octanol–water partition coefficient (Wildman–Crippen LogP) is 7.79. The fraction of sp³-hybridized carbons (Fsp3) is 0.118. The second-order valence-corrected chi connectivity index (χ2v) is 10.7. The first-order valence-corrected chi connectivity index (χ1v) is 14.1. The smallest absolute Gasteiger partial charge is 0.240 e. The quantitative estimate of drug-likeness (QED) is 0.200. The van der Waals surface area contributed by atoms with Gasteiger partial charge in [-0.1, -0.05) is 83.9 Å². The topological polar surface area (TPSA) is 56.1 Å². The van der Waals surface area contributed by atoms with Crippen LogP contribution in [0.15, 0.2) is 97.2 Å². The fourth-order valence-corrected chi connectivity index (χ4v) is 5.72. The molecule has 5 nitrogen and oxygen atoms in total. The zero-order chi connectivity index (χ0) is 28.3. The summed E-state index contributed by atoms with van der Waals surface area (Å²) in [6.45, 7) is 0.618. The Morgan fingerprint density at radius 3 is 2.27 bits per heavy atom. The van der Waals surface area contributed by atoms with Gasteiger partial charge in [0.25, 0.3) is 0 Å².